The van der Waals surface area contributed by atoms with E-state index in [1.807, 2.05) is 0 Å². The SMILES string of the molecule is Cc1nn(C)c(Sc2ncnn2C)c1C(N)=NO. The van der Waals surface area contributed by atoms with Crippen LogP contribution in [0.25, 0.3) is 0 Å². The van der Waals surface area contributed by atoms with E-state index in [4.69, 9.17) is 10.9 Å². The highest BCUT2D eigenvalue weighted by Gasteiger charge is 2.19. The largest absolute Gasteiger partial charge is 0.409 e. The van der Waals surface area contributed by atoms with Gasteiger partial charge in [-0.2, -0.15) is 10.2 Å². The minimum Gasteiger partial charge on any atom is -0.409 e. The van der Waals surface area contributed by atoms with Gasteiger partial charge in [0.2, 0.25) is 0 Å². The Balaban J connectivity index is 2.48. The normalized spacial score (nSPS) is 12.1. The lowest BCUT2D eigenvalue weighted by Crippen LogP contribution is -2.15. The lowest BCUT2D eigenvalue weighted by molar-refractivity contribution is 0.318. The van der Waals surface area contributed by atoms with Crippen LogP contribution in [0.15, 0.2) is 21.7 Å². The lowest BCUT2D eigenvalue weighted by Gasteiger charge is -2.04. The third-order valence-electron chi connectivity index (χ3n) is 2.39. The Bertz CT molecular complexity index is 600. The smallest absolute Gasteiger partial charge is 0.192 e. The molecule has 0 saturated carbocycles. The molecule has 0 aromatic carbocycles. The van der Waals surface area contributed by atoms with Crippen molar-refractivity contribution < 1.29 is 5.21 Å². The van der Waals surface area contributed by atoms with E-state index in [0.29, 0.717) is 16.4 Å². The van der Waals surface area contributed by atoms with Crippen LogP contribution in [0.4, 0.5) is 0 Å². The van der Waals surface area contributed by atoms with E-state index in [9.17, 15) is 0 Å². The highest BCUT2D eigenvalue weighted by molar-refractivity contribution is 7.99. The van der Waals surface area contributed by atoms with Crippen molar-refractivity contribution in [2.45, 2.75) is 17.1 Å². The first-order valence-electron chi connectivity index (χ1n) is 5.08. The van der Waals surface area contributed by atoms with E-state index >= 15 is 0 Å². The second-order valence-electron chi connectivity index (χ2n) is 3.64. The predicted molar refractivity (Wildman–Crippen MR) is 65.6 cm³/mol. The van der Waals surface area contributed by atoms with Gasteiger partial charge in [-0.25, -0.2) is 9.67 Å². The molecule has 0 unspecified atom stereocenters. The molecule has 2 aromatic heterocycles. The first-order valence-corrected chi connectivity index (χ1v) is 5.89. The summed E-state index contributed by atoms with van der Waals surface area (Å²) in [5, 5.41) is 21.5. The van der Waals surface area contributed by atoms with Gasteiger partial charge in [0.25, 0.3) is 0 Å². The van der Waals surface area contributed by atoms with Crippen molar-refractivity contribution in [2.75, 3.05) is 0 Å². The number of nitrogens with zero attached hydrogens (tertiary/aromatic N) is 6. The first-order chi connectivity index (χ1) is 8.54. The van der Waals surface area contributed by atoms with Gasteiger partial charge in [-0.1, -0.05) is 5.16 Å². The van der Waals surface area contributed by atoms with Crippen LogP contribution in [0, 0.1) is 6.92 Å². The molecule has 3 N–H and O–H groups in total. The van der Waals surface area contributed by atoms with Crippen molar-refractivity contribution >= 4 is 17.6 Å². The molecule has 9 heteroatoms. The number of rotatable bonds is 3. The third kappa shape index (κ3) is 2.04. The van der Waals surface area contributed by atoms with Crippen molar-refractivity contribution in [1.82, 2.24) is 24.5 Å². The summed E-state index contributed by atoms with van der Waals surface area (Å²) in [7, 11) is 3.58. The van der Waals surface area contributed by atoms with Crippen LogP contribution in [0.2, 0.25) is 0 Å². The standard InChI is InChI=1S/C9H13N7OS/c1-5-6(7(10)14-17)8(15(2)13-5)18-9-11-4-12-16(9)3/h4,17H,1-3H3,(H2,10,14). The molecule has 0 radical (unpaired) electrons. The average molecular weight is 267 g/mol. The molecule has 8 nitrogen and oxygen atoms in total. The summed E-state index contributed by atoms with van der Waals surface area (Å²) in [5.74, 6) is 0.0327. The van der Waals surface area contributed by atoms with Crippen LogP contribution in [-0.2, 0) is 14.1 Å². The Morgan fingerprint density at radius 3 is 2.72 bits per heavy atom. The van der Waals surface area contributed by atoms with Crippen LogP contribution in [0.3, 0.4) is 0 Å². The third-order valence-corrected chi connectivity index (χ3v) is 3.61. The molecule has 0 aliphatic rings. The number of aromatic nitrogens is 5. The van der Waals surface area contributed by atoms with Crippen LogP contribution in [0.5, 0.6) is 0 Å². The molecule has 96 valence electrons. The van der Waals surface area contributed by atoms with Crippen LogP contribution < -0.4 is 5.73 Å². The number of hydrogen-bond acceptors (Lipinski definition) is 6. The second kappa shape index (κ2) is 4.69. The van der Waals surface area contributed by atoms with Crippen LogP contribution in [-0.4, -0.2) is 35.6 Å². The molecular formula is C9H13N7OS. The number of nitrogens with two attached hydrogens (primary N) is 1. The molecule has 0 bridgehead atoms. The maximum absolute atomic E-state index is 8.81. The second-order valence-corrected chi connectivity index (χ2v) is 4.60. The molecule has 0 amide bonds. The fraction of sp³-hybridized carbons (Fsp3) is 0.333. The quantitative estimate of drug-likeness (QED) is 0.353. The van der Waals surface area contributed by atoms with Gasteiger partial charge in [0, 0.05) is 14.1 Å². The minimum absolute atomic E-state index is 0.0327. The first kappa shape index (κ1) is 12.4. The average Bonchev–Trinajstić information content (AvgIpc) is 2.84. The maximum Gasteiger partial charge on any atom is 0.192 e. The number of oxime groups is 1. The number of aryl methyl sites for hydroxylation is 3. The lowest BCUT2D eigenvalue weighted by atomic mass is 10.2. The van der Waals surface area contributed by atoms with E-state index < -0.39 is 0 Å². The van der Waals surface area contributed by atoms with Gasteiger partial charge in [0.15, 0.2) is 11.0 Å². The zero-order valence-corrected chi connectivity index (χ0v) is 11.0. The molecule has 0 fully saturated rings. The molecular weight excluding hydrogens is 254 g/mol. The molecule has 0 aliphatic carbocycles. The molecule has 2 rings (SSSR count). The molecule has 2 aromatic rings. The van der Waals surface area contributed by atoms with Crippen molar-refractivity contribution in [3.8, 4) is 0 Å². The zero-order chi connectivity index (χ0) is 13.3. The van der Waals surface area contributed by atoms with Crippen molar-refractivity contribution in [2.24, 2.45) is 25.0 Å². The summed E-state index contributed by atoms with van der Waals surface area (Å²) in [4.78, 5) is 4.12. The van der Waals surface area contributed by atoms with Crippen LogP contribution >= 0.6 is 11.8 Å². The van der Waals surface area contributed by atoms with E-state index in [2.05, 4.69) is 20.3 Å². The summed E-state index contributed by atoms with van der Waals surface area (Å²) < 4.78 is 3.31. The van der Waals surface area contributed by atoms with Gasteiger partial charge in [0.1, 0.15) is 11.4 Å². The maximum atomic E-state index is 8.81. The van der Waals surface area contributed by atoms with Gasteiger partial charge < -0.3 is 10.9 Å². The van der Waals surface area contributed by atoms with Crippen molar-refractivity contribution in [3.05, 3.63) is 17.6 Å². The summed E-state index contributed by atoms with van der Waals surface area (Å²) in [6.07, 6.45) is 1.47. The summed E-state index contributed by atoms with van der Waals surface area (Å²) in [6.45, 7) is 1.80. The Morgan fingerprint density at radius 1 is 1.44 bits per heavy atom. The monoisotopic (exact) mass is 267 g/mol. The van der Waals surface area contributed by atoms with Gasteiger partial charge in [-0.3, -0.25) is 4.68 Å². The zero-order valence-electron chi connectivity index (χ0n) is 10.2. The highest BCUT2D eigenvalue weighted by Crippen LogP contribution is 2.29. The molecule has 0 saturated heterocycles. The molecule has 2 heterocycles. The minimum atomic E-state index is 0.0327. The van der Waals surface area contributed by atoms with Gasteiger partial charge in [0.05, 0.1) is 11.3 Å². The predicted octanol–water partition coefficient (Wildman–Crippen LogP) is 0.103. The summed E-state index contributed by atoms with van der Waals surface area (Å²) in [6, 6.07) is 0. The molecule has 0 aliphatic heterocycles. The summed E-state index contributed by atoms with van der Waals surface area (Å²) in [5.41, 5.74) is 6.96. The van der Waals surface area contributed by atoms with Crippen molar-refractivity contribution in [3.63, 3.8) is 0 Å². The van der Waals surface area contributed by atoms with E-state index in [1.54, 1.807) is 30.4 Å². The van der Waals surface area contributed by atoms with Gasteiger partial charge in [-0.15, -0.1) is 0 Å². The van der Waals surface area contributed by atoms with Crippen LogP contribution in [0.1, 0.15) is 11.3 Å². The fourth-order valence-electron chi connectivity index (χ4n) is 1.56. The topological polar surface area (TPSA) is 107 Å². The van der Waals surface area contributed by atoms with E-state index in [-0.39, 0.29) is 5.84 Å². The van der Waals surface area contributed by atoms with Crippen molar-refractivity contribution in [1.29, 1.82) is 0 Å². The molecule has 0 atom stereocenters. The fourth-order valence-corrected chi connectivity index (χ4v) is 2.54. The molecule has 18 heavy (non-hydrogen) atoms. The van der Waals surface area contributed by atoms with Gasteiger partial charge >= 0.3 is 0 Å². The van der Waals surface area contributed by atoms with Gasteiger partial charge in [-0.05, 0) is 18.7 Å². The summed E-state index contributed by atoms with van der Waals surface area (Å²) >= 11 is 1.36. The Labute approximate surface area is 107 Å². The Kier molecular flexibility index (Phi) is 3.24. The Hall–Kier alpha value is -2.03. The van der Waals surface area contributed by atoms with E-state index in [1.165, 1.54) is 18.1 Å². The molecule has 0 spiro atoms. The Morgan fingerprint density at radius 2 is 2.17 bits per heavy atom. The number of hydrogen-bond donors (Lipinski definition) is 2. The highest BCUT2D eigenvalue weighted by atomic mass is 32.2. The number of amidine groups is 1. The van der Waals surface area contributed by atoms with E-state index in [0.717, 1.165) is 5.03 Å².